The van der Waals surface area contributed by atoms with Gasteiger partial charge in [0.1, 0.15) is 5.82 Å². The van der Waals surface area contributed by atoms with E-state index in [-0.39, 0.29) is 15.8 Å². The van der Waals surface area contributed by atoms with Gasteiger partial charge >= 0.3 is 6.18 Å². The van der Waals surface area contributed by atoms with Crippen LogP contribution in [0.1, 0.15) is 10.4 Å². The average molecular weight is 437 g/mol. The molecule has 0 aliphatic carbocycles. The largest absolute Gasteiger partial charge is 0.417 e. The maximum atomic E-state index is 13.3. The van der Waals surface area contributed by atoms with E-state index in [1.54, 1.807) is 22.6 Å². The van der Waals surface area contributed by atoms with Gasteiger partial charge < -0.3 is 5.32 Å². The summed E-state index contributed by atoms with van der Waals surface area (Å²) in [5, 5.41) is 2.76. The monoisotopic (exact) mass is 436 g/mol. The van der Waals surface area contributed by atoms with E-state index in [9.17, 15) is 17.6 Å². The normalized spacial score (nSPS) is 11.7. The Hall–Kier alpha value is -0.610. The Labute approximate surface area is 134 Å². The van der Waals surface area contributed by atoms with Crippen LogP contribution in [0.5, 0.6) is 0 Å². The first-order valence-corrected chi connectivity index (χ1v) is 7.45. The first-order valence-electron chi connectivity index (χ1n) is 5.17. The van der Waals surface area contributed by atoms with Crippen LogP contribution in [-0.4, -0.2) is 4.98 Å². The first-order chi connectivity index (χ1) is 9.27. The van der Waals surface area contributed by atoms with Gasteiger partial charge in [-0.2, -0.15) is 13.2 Å². The predicted molar refractivity (Wildman–Crippen MR) is 78.6 cm³/mol. The number of alkyl halides is 3. The Kier molecular flexibility index (Phi) is 4.75. The third-order valence-corrected chi connectivity index (χ3v) is 4.60. The molecule has 0 bridgehead atoms. The summed E-state index contributed by atoms with van der Waals surface area (Å²) in [4.78, 5) is 4.55. The molecule has 0 fully saturated rings. The molecule has 2 aromatic rings. The fourth-order valence-electron chi connectivity index (χ4n) is 1.47. The van der Waals surface area contributed by atoms with E-state index in [1.165, 1.54) is 17.5 Å². The number of rotatable bonds is 3. The van der Waals surface area contributed by atoms with Crippen molar-refractivity contribution in [2.24, 2.45) is 0 Å². The number of hydrogen-bond acceptors (Lipinski definition) is 3. The van der Waals surface area contributed by atoms with Gasteiger partial charge in [0.15, 0.2) is 4.47 Å². The van der Waals surface area contributed by atoms with Crippen molar-refractivity contribution in [2.75, 3.05) is 5.32 Å². The molecule has 0 amide bonds. The lowest BCUT2D eigenvalue weighted by molar-refractivity contribution is -0.138. The molecule has 108 valence electrons. The minimum Gasteiger partial charge on any atom is -0.379 e. The van der Waals surface area contributed by atoms with Gasteiger partial charge in [0.25, 0.3) is 0 Å². The molecular weight excluding hydrogens is 431 g/mol. The number of anilines is 1. The van der Waals surface area contributed by atoms with E-state index < -0.39 is 17.6 Å². The van der Waals surface area contributed by atoms with Crippen molar-refractivity contribution >= 4 is 51.2 Å². The second-order valence-corrected chi connectivity index (χ2v) is 6.52. The molecule has 0 aliphatic rings. The third kappa shape index (κ3) is 3.73. The number of benzene rings is 1. The molecule has 0 spiro atoms. The van der Waals surface area contributed by atoms with E-state index in [2.05, 4.69) is 10.3 Å². The molecule has 0 saturated heterocycles. The highest BCUT2D eigenvalue weighted by molar-refractivity contribution is 14.1. The Bertz CT molecular complexity index is 629. The second-order valence-electron chi connectivity index (χ2n) is 3.75. The quantitative estimate of drug-likeness (QED) is 0.530. The molecule has 0 radical (unpaired) electrons. The number of aromatic nitrogens is 1. The lowest BCUT2D eigenvalue weighted by atomic mass is 10.2. The zero-order valence-corrected chi connectivity index (χ0v) is 13.3. The lowest BCUT2D eigenvalue weighted by Gasteiger charge is -2.14. The second kappa shape index (κ2) is 6.02. The molecule has 1 heterocycles. The summed E-state index contributed by atoms with van der Waals surface area (Å²) in [6.45, 7) is 0.223. The predicted octanol–water partition coefficient (Wildman–Crippen LogP) is 5.17. The van der Waals surface area contributed by atoms with E-state index in [1.807, 2.05) is 0 Å². The van der Waals surface area contributed by atoms with Crippen molar-refractivity contribution < 1.29 is 17.6 Å². The highest BCUT2D eigenvalue weighted by atomic mass is 127. The van der Waals surface area contributed by atoms with Crippen molar-refractivity contribution in [3.8, 4) is 0 Å². The molecule has 0 saturated carbocycles. The number of hydrogen-bond donors (Lipinski definition) is 1. The van der Waals surface area contributed by atoms with Gasteiger partial charge in [-0.1, -0.05) is 11.6 Å². The maximum Gasteiger partial charge on any atom is 0.417 e. The van der Waals surface area contributed by atoms with Gasteiger partial charge in [0.2, 0.25) is 0 Å². The van der Waals surface area contributed by atoms with Gasteiger partial charge in [0, 0.05) is 14.6 Å². The molecule has 9 heteroatoms. The zero-order valence-electron chi connectivity index (χ0n) is 9.56. The van der Waals surface area contributed by atoms with E-state index in [4.69, 9.17) is 11.6 Å². The van der Waals surface area contributed by atoms with Crippen molar-refractivity contribution in [1.82, 2.24) is 4.98 Å². The van der Waals surface area contributed by atoms with Crippen molar-refractivity contribution in [3.05, 3.63) is 42.6 Å². The molecule has 0 unspecified atom stereocenters. The van der Waals surface area contributed by atoms with Crippen LogP contribution < -0.4 is 5.32 Å². The summed E-state index contributed by atoms with van der Waals surface area (Å²) < 4.78 is 51.8. The van der Waals surface area contributed by atoms with Gasteiger partial charge in [-0.15, -0.1) is 11.3 Å². The first kappa shape index (κ1) is 15.8. The number of halogens is 6. The summed E-state index contributed by atoms with van der Waals surface area (Å²) in [7, 11) is 0. The molecule has 2 rings (SSSR count). The van der Waals surface area contributed by atoms with Crippen molar-refractivity contribution in [2.45, 2.75) is 12.7 Å². The summed E-state index contributed by atoms with van der Waals surface area (Å²) >= 11 is 8.40. The lowest BCUT2D eigenvalue weighted by Crippen LogP contribution is -2.11. The summed E-state index contributed by atoms with van der Waals surface area (Å²) in [6.07, 6.45) is -3.08. The molecule has 0 atom stereocenters. The SMILES string of the molecule is Fc1cc(NCc2cnc(Cl)s2)c(I)c(C(F)(F)F)c1. The highest BCUT2D eigenvalue weighted by Crippen LogP contribution is 2.37. The Morgan fingerprint density at radius 3 is 2.60 bits per heavy atom. The van der Waals surface area contributed by atoms with Crippen LogP contribution in [0, 0.1) is 9.39 Å². The van der Waals surface area contributed by atoms with E-state index >= 15 is 0 Å². The smallest absolute Gasteiger partial charge is 0.379 e. The summed E-state index contributed by atoms with van der Waals surface area (Å²) in [6, 6.07) is 1.51. The molecule has 0 aliphatic heterocycles. The van der Waals surface area contributed by atoms with E-state index in [0.29, 0.717) is 10.5 Å². The van der Waals surface area contributed by atoms with Gasteiger partial charge in [0.05, 0.1) is 17.8 Å². The van der Waals surface area contributed by atoms with Crippen LogP contribution in [-0.2, 0) is 12.7 Å². The molecule has 2 nitrogen and oxygen atoms in total. The molecule has 20 heavy (non-hydrogen) atoms. The topological polar surface area (TPSA) is 24.9 Å². The van der Waals surface area contributed by atoms with Crippen LogP contribution in [0.2, 0.25) is 4.47 Å². The molecular formula is C11H6ClF4IN2S. The highest BCUT2D eigenvalue weighted by Gasteiger charge is 2.34. The standard InChI is InChI=1S/C11H6ClF4IN2S/c12-10-19-4-6(20-10)3-18-8-2-5(13)1-7(9(8)17)11(14,15)16/h1-2,4,18H,3H2. The third-order valence-electron chi connectivity index (χ3n) is 2.32. The number of thiazole rings is 1. The Morgan fingerprint density at radius 1 is 1.35 bits per heavy atom. The van der Waals surface area contributed by atoms with Crippen LogP contribution in [0.15, 0.2) is 18.3 Å². The fourth-order valence-corrected chi connectivity index (χ4v) is 3.20. The van der Waals surface area contributed by atoms with Crippen LogP contribution in [0.3, 0.4) is 0 Å². The summed E-state index contributed by atoms with van der Waals surface area (Å²) in [5.41, 5.74) is -0.912. The fraction of sp³-hybridized carbons (Fsp3) is 0.182. The minimum atomic E-state index is -4.59. The zero-order chi connectivity index (χ0) is 14.9. The molecule has 1 aromatic carbocycles. The van der Waals surface area contributed by atoms with Crippen LogP contribution >= 0.6 is 45.5 Å². The molecule has 1 aromatic heterocycles. The van der Waals surface area contributed by atoms with Crippen molar-refractivity contribution in [1.29, 1.82) is 0 Å². The number of nitrogens with one attached hydrogen (secondary N) is 1. The molecule has 1 N–H and O–H groups in total. The van der Waals surface area contributed by atoms with E-state index in [0.717, 1.165) is 10.9 Å². The van der Waals surface area contributed by atoms with Gasteiger partial charge in [-0.25, -0.2) is 9.37 Å². The van der Waals surface area contributed by atoms with Gasteiger partial charge in [-0.05, 0) is 34.7 Å². The van der Waals surface area contributed by atoms with Crippen LogP contribution in [0.4, 0.5) is 23.2 Å². The Morgan fingerprint density at radius 2 is 2.05 bits per heavy atom. The summed E-state index contributed by atoms with van der Waals surface area (Å²) in [5.74, 6) is -0.942. The van der Waals surface area contributed by atoms with Crippen LogP contribution in [0.25, 0.3) is 0 Å². The van der Waals surface area contributed by atoms with Crippen molar-refractivity contribution in [3.63, 3.8) is 0 Å². The maximum absolute atomic E-state index is 13.3. The number of nitrogens with zero attached hydrogens (tertiary/aromatic N) is 1. The Balaban J connectivity index is 2.25. The van der Waals surface area contributed by atoms with Gasteiger partial charge in [-0.3, -0.25) is 0 Å². The minimum absolute atomic E-state index is 0.0767. The average Bonchev–Trinajstić information content (AvgIpc) is 2.74.